The molecule has 1 aromatic carbocycles. The fourth-order valence-electron chi connectivity index (χ4n) is 2.67. The second-order valence-electron chi connectivity index (χ2n) is 5.19. The summed E-state index contributed by atoms with van der Waals surface area (Å²) in [5.74, 6) is -1.19. The molecule has 0 saturated heterocycles. The van der Waals surface area contributed by atoms with Crippen LogP contribution < -0.4 is 5.32 Å². The number of carboxylic acids is 1. The Kier molecular flexibility index (Phi) is 5.39. The SMILES string of the molecule is O=C(NC(C(=O)O)C1CCCCC1)c1ccc(I)cc1. The Morgan fingerprint density at radius 2 is 1.75 bits per heavy atom. The summed E-state index contributed by atoms with van der Waals surface area (Å²) in [6, 6.07) is 6.34. The number of amides is 1. The number of carboxylic acid groups (broad SMARTS) is 1. The predicted octanol–water partition coefficient (Wildman–Crippen LogP) is 3.05. The number of carbonyl (C=O) groups is 2. The molecule has 1 atom stereocenters. The van der Waals surface area contributed by atoms with E-state index in [0.29, 0.717) is 5.56 Å². The maximum absolute atomic E-state index is 12.1. The lowest BCUT2D eigenvalue weighted by atomic mass is 9.84. The predicted molar refractivity (Wildman–Crippen MR) is 84.6 cm³/mol. The summed E-state index contributed by atoms with van der Waals surface area (Å²) < 4.78 is 1.04. The van der Waals surface area contributed by atoms with Crippen LogP contribution in [0.5, 0.6) is 0 Å². The van der Waals surface area contributed by atoms with Crippen LogP contribution in [0.15, 0.2) is 24.3 Å². The molecule has 0 radical (unpaired) electrons. The molecule has 4 nitrogen and oxygen atoms in total. The van der Waals surface area contributed by atoms with Crippen molar-refractivity contribution in [1.82, 2.24) is 5.32 Å². The van der Waals surface area contributed by atoms with Gasteiger partial charge in [-0.15, -0.1) is 0 Å². The third kappa shape index (κ3) is 3.94. The molecule has 0 aliphatic heterocycles. The van der Waals surface area contributed by atoms with Crippen molar-refractivity contribution in [2.45, 2.75) is 38.1 Å². The highest BCUT2D eigenvalue weighted by Gasteiger charge is 2.30. The summed E-state index contributed by atoms with van der Waals surface area (Å²) in [4.78, 5) is 23.5. The third-order valence-electron chi connectivity index (χ3n) is 3.78. The number of rotatable bonds is 4. The zero-order valence-electron chi connectivity index (χ0n) is 11.1. The minimum absolute atomic E-state index is 0.0500. The van der Waals surface area contributed by atoms with Gasteiger partial charge in [0.25, 0.3) is 5.91 Å². The van der Waals surface area contributed by atoms with Crippen molar-refractivity contribution >= 4 is 34.5 Å². The van der Waals surface area contributed by atoms with Crippen molar-refractivity contribution in [3.8, 4) is 0 Å². The number of hydrogen-bond donors (Lipinski definition) is 2. The topological polar surface area (TPSA) is 66.4 Å². The van der Waals surface area contributed by atoms with Gasteiger partial charge in [0.05, 0.1) is 0 Å². The van der Waals surface area contributed by atoms with Gasteiger partial charge in [0.2, 0.25) is 0 Å². The summed E-state index contributed by atoms with van der Waals surface area (Å²) in [7, 11) is 0. The maximum Gasteiger partial charge on any atom is 0.326 e. The van der Waals surface area contributed by atoms with Gasteiger partial charge in [-0.25, -0.2) is 4.79 Å². The van der Waals surface area contributed by atoms with Crippen molar-refractivity contribution in [2.75, 3.05) is 0 Å². The number of halogens is 1. The number of aliphatic carboxylic acids is 1. The highest BCUT2D eigenvalue weighted by molar-refractivity contribution is 14.1. The molecule has 1 aliphatic rings. The third-order valence-corrected chi connectivity index (χ3v) is 4.50. The minimum atomic E-state index is -0.934. The fraction of sp³-hybridized carbons (Fsp3) is 0.467. The van der Waals surface area contributed by atoms with Crippen molar-refractivity contribution in [3.63, 3.8) is 0 Å². The summed E-state index contributed by atoms with van der Waals surface area (Å²) in [5.41, 5.74) is 0.507. The lowest BCUT2D eigenvalue weighted by Crippen LogP contribution is -2.46. The molecule has 108 valence electrons. The molecule has 5 heteroatoms. The largest absolute Gasteiger partial charge is 0.480 e. The molecule has 20 heavy (non-hydrogen) atoms. The average molecular weight is 387 g/mol. The normalized spacial score (nSPS) is 17.4. The van der Waals surface area contributed by atoms with Crippen molar-refractivity contribution in [1.29, 1.82) is 0 Å². The first kappa shape index (κ1) is 15.3. The van der Waals surface area contributed by atoms with Gasteiger partial charge in [0, 0.05) is 9.13 Å². The summed E-state index contributed by atoms with van der Waals surface area (Å²) in [6.45, 7) is 0. The van der Waals surface area contributed by atoms with Gasteiger partial charge in [-0.2, -0.15) is 0 Å². The Bertz CT molecular complexity index is 480. The van der Waals surface area contributed by atoms with Gasteiger partial charge < -0.3 is 10.4 Å². The van der Waals surface area contributed by atoms with Gasteiger partial charge >= 0.3 is 5.97 Å². The Morgan fingerprint density at radius 1 is 1.15 bits per heavy atom. The molecular weight excluding hydrogens is 369 g/mol. The molecule has 0 spiro atoms. The van der Waals surface area contributed by atoms with Gasteiger partial charge in [-0.3, -0.25) is 4.79 Å². The Morgan fingerprint density at radius 3 is 2.30 bits per heavy atom. The fourth-order valence-corrected chi connectivity index (χ4v) is 3.03. The molecule has 0 heterocycles. The number of benzene rings is 1. The van der Waals surface area contributed by atoms with Gasteiger partial charge in [-0.1, -0.05) is 19.3 Å². The smallest absolute Gasteiger partial charge is 0.326 e. The van der Waals surface area contributed by atoms with Crippen LogP contribution in [0.25, 0.3) is 0 Å². The number of hydrogen-bond acceptors (Lipinski definition) is 2. The first-order chi connectivity index (χ1) is 9.58. The molecule has 1 aromatic rings. The zero-order chi connectivity index (χ0) is 14.5. The Balaban J connectivity index is 2.05. The van der Waals surface area contributed by atoms with E-state index in [9.17, 15) is 14.7 Å². The van der Waals surface area contributed by atoms with Gasteiger partial charge in [0.1, 0.15) is 6.04 Å². The second kappa shape index (κ2) is 7.06. The van der Waals surface area contributed by atoms with Crippen molar-refractivity contribution < 1.29 is 14.7 Å². The van der Waals surface area contributed by atoms with E-state index in [0.717, 1.165) is 35.7 Å². The van der Waals surface area contributed by atoms with E-state index in [2.05, 4.69) is 27.9 Å². The zero-order valence-corrected chi connectivity index (χ0v) is 13.3. The monoisotopic (exact) mass is 387 g/mol. The molecule has 1 saturated carbocycles. The van der Waals surface area contributed by atoms with E-state index >= 15 is 0 Å². The Labute approximate surface area is 132 Å². The standard InChI is InChI=1S/C15H18INO3/c16-12-8-6-11(7-9-12)14(18)17-13(15(19)20)10-4-2-1-3-5-10/h6-10,13H,1-5H2,(H,17,18)(H,19,20). The first-order valence-corrected chi connectivity index (χ1v) is 7.95. The van der Waals surface area contributed by atoms with E-state index in [1.54, 1.807) is 12.1 Å². The molecule has 1 fully saturated rings. The second-order valence-corrected chi connectivity index (χ2v) is 6.44. The van der Waals surface area contributed by atoms with Crippen LogP contribution in [0.2, 0.25) is 0 Å². The Hall–Kier alpha value is -1.11. The minimum Gasteiger partial charge on any atom is -0.480 e. The van der Waals surface area contributed by atoms with Gasteiger partial charge in [0.15, 0.2) is 0 Å². The lowest BCUT2D eigenvalue weighted by Gasteiger charge is -2.28. The van der Waals surface area contributed by atoms with Crippen molar-refractivity contribution in [2.24, 2.45) is 5.92 Å². The molecule has 1 unspecified atom stereocenters. The highest BCUT2D eigenvalue weighted by atomic mass is 127. The highest BCUT2D eigenvalue weighted by Crippen LogP contribution is 2.26. The molecule has 2 N–H and O–H groups in total. The van der Waals surface area contributed by atoms with Crippen LogP contribution in [-0.4, -0.2) is 23.0 Å². The van der Waals surface area contributed by atoms with Crippen LogP contribution in [0.3, 0.4) is 0 Å². The van der Waals surface area contributed by atoms with Crippen LogP contribution in [0.1, 0.15) is 42.5 Å². The molecule has 1 aliphatic carbocycles. The van der Waals surface area contributed by atoms with Crippen molar-refractivity contribution in [3.05, 3.63) is 33.4 Å². The quantitative estimate of drug-likeness (QED) is 0.781. The molecular formula is C15H18INO3. The molecule has 1 amide bonds. The molecule has 2 rings (SSSR count). The lowest BCUT2D eigenvalue weighted by molar-refractivity contribution is -0.141. The van der Waals surface area contributed by atoms with Crippen LogP contribution in [0.4, 0.5) is 0 Å². The van der Waals surface area contributed by atoms with Crippen LogP contribution in [0, 0.1) is 9.49 Å². The van der Waals surface area contributed by atoms with Crippen LogP contribution >= 0.6 is 22.6 Å². The summed E-state index contributed by atoms with van der Waals surface area (Å²) in [6.07, 6.45) is 5.02. The van der Waals surface area contributed by atoms with Crippen LogP contribution in [-0.2, 0) is 4.79 Å². The first-order valence-electron chi connectivity index (χ1n) is 6.87. The molecule has 0 aromatic heterocycles. The van der Waals surface area contributed by atoms with E-state index in [1.165, 1.54) is 0 Å². The van der Waals surface area contributed by atoms with Gasteiger partial charge in [-0.05, 0) is 65.6 Å². The number of nitrogens with one attached hydrogen (secondary N) is 1. The molecule has 0 bridgehead atoms. The summed E-state index contributed by atoms with van der Waals surface area (Å²) in [5, 5.41) is 12.0. The van der Waals surface area contributed by atoms with E-state index in [4.69, 9.17) is 0 Å². The number of carbonyl (C=O) groups excluding carboxylic acids is 1. The summed E-state index contributed by atoms with van der Waals surface area (Å²) >= 11 is 2.17. The van der Waals surface area contributed by atoms with E-state index < -0.39 is 12.0 Å². The average Bonchev–Trinajstić information content (AvgIpc) is 2.46. The maximum atomic E-state index is 12.1. The van der Waals surface area contributed by atoms with E-state index in [1.807, 2.05) is 12.1 Å². The van der Waals surface area contributed by atoms with E-state index in [-0.39, 0.29) is 11.8 Å².